The lowest BCUT2D eigenvalue weighted by Crippen LogP contribution is -2.20. The average Bonchev–Trinajstić information content (AvgIpc) is 3.00. The quantitative estimate of drug-likeness (QED) is 0.692. The van der Waals surface area contributed by atoms with E-state index in [2.05, 4.69) is 9.88 Å². The predicted octanol–water partition coefficient (Wildman–Crippen LogP) is 4.20. The van der Waals surface area contributed by atoms with Crippen molar-refractivity contribution in [1.29, 1.82) is 0 Å². The van der Waals surface area contributed by atoms with E-state index in [-0.39, 0.29) is 12.5 Å². The molecule has 0 atom stereocenters. The number of carbonyl (C=O) groups excluding carboxylic acids is 2. The fourth-order valence-corrected chi connectivity index (χ4v) is 2.87. The average molecular weight is 362 g/mol. The van der Waals surface area contributed by atoms with Crippen LogP contribution in [0.1, 0.15) is 27.3 Å². The van der Waals surface area contributed by atoms with Gasteiger partial charge < -0.3 is 14.6 Å². The van der Waals surface area contributed by atoms with Crippen molar-refractivity contribution in [2.75, 3.05) is 11.9 Å². The summed E-state index contributed by atoms with van der Waals surface area (Å²) in [7, 11) is 0. The molecule has 2 aromatic carbocycles. The lowest BCUT2D eigenvalue weighted by atomic mass is 10.2. The van der Waals surface area contributed by atoms with Gasteiger partial charge >= 0.3 is 5.97 Å². The lowest BCUT2D eigenvalue weighted by Gasteiger charge is -2.10. The summed E-state index contributed by atoms with van der Waals surface area (Å²) in [6.07, 6.45) is 0. The minimum atomic E-state index is -0.526. The van der Waals surface area contributed by atoms with Crippen molar-refractivity contribution in [3.63, 3.8) is 0 Å². The first-order valence-electron chi connectivity index (χ1n) is 8.73. The molecule has 3 aromatic rings. The molecule has 5 nitrogen and oxygen atoms in total. The lowest BCUT2D eigenvalue weighted by molar-refractivity contribution is -0.119. The predicted molar refractivity (Wildman–Crippen MR) is 105 cm³/mol. The Bertz CT molecular complexity index is 935. The molecule has 5 heteroatoms. The third-order valence-corrected chi connectivity index (χ3v) is 4.30. The smallest absolute Gasteiger partial charge is 0.338 e. The van der Waals surface area contributed by atoms with Gasteiger partial charge in [-0.05, 0) is 69.3 Å². The van der Waals surface area contributed by atoms with Crippen molar-refractivity contribution in [1.82, 2.24) is 4.57 Å². The van der Waals surface area contributed by atoms with Gasteiger partial charge in [-0.1, -0.05) is 17.7 Å². The standard InChI is InChI=1S/C22H22N2O3/c1-15-4-10-19(11-5-15)23-21(25)14-27-22(26)18-8-12-20(13-9-18)24-16(2)6-7-17(24)3/h4-13H,14H2,1-3H3,(H,23,25). The van der Waals surface area contributed by atoms with Crippen molar-refractivity contribution >= 4 is 17.6 Å². The summed E-state index contributed by atoms with van der Waals surface area (Å²) in [5, 5.41) is 2.70. The molecule has 1 aromatic heterocycles. The Hall–Kier alpha value is -3.34. The van der Waals surface area contributed by atoms with Crippen LogP contribution in [0.25, 0.3) is 5.69 Å². The Morgan fingerprint density at radius 3 is 2.04 bits per heavy atom. The van der Waals surface area contributed by atoms with Crippen molar-refractivity contribution in [3.05, 3.63) is 83.2 Å². The number of carbonyl (C=O) groups is 2. The Labute approximate surface area is 158 Å². The van der Waals surface area contributed by atoms with Crippen LogP contribution >= 0.6 is 0 Å². The maximum atomic E-state index is 12.2. The molecule has 0 radical (unpaired) electrons. The van der Waals surface area contributed by atoms with Gasteiger partial charge in [-0.15, -0.1) is 0 Å². The van der Waals surface area contributed by atoms with Crippen LogP contribution in [-0.2, 0) is 9.53 Å². The van der Waals surface area contributed by atoms with Crippen LogP contribution in [0.2, 0.25) is 0 Å². The highest BCUT2D eigenvalue weighted by Gasteiger charge is 2.11. The van der Waals surface area contributed by atoms with E-state index in [1.54, 1.807) is 24.3 Å². The van der Waals surface area contributed by atoms with Gasteiger partial charge in [0.15, 0.2) is 6.61 Å². The normalized spacial score (nSPS) is 10.5. The SMILES string of the molecule is Cc1ccc(NC(=O)COC(=O)c2ccc(-n3c(C)ccc3C)cc2)cc1. The molecule has 1 amide bonds. The largest absolute Gasteiger partial charge is 0.452 e. The van der Waals surface area contributed by atoms with Crippen molar-refractivity contribution in [2.45, 2.75) is 20.8 Å². The summed E-state index contributed by atoms with van der Waals surface area (Å²) >= 11 is 0. The molecular formula is C22H22N2O3. The maximum Gasteiger partial charge on any atom is 0.338 e. The summed E-state index contributed by atoms with van der Waals surface area (Å²) in [5.41, 5.74) is 5.40. The number of rotatable bonds is 5. The van der Waals surface area contributed by atoms with E-state index in [1.165, 1.54) is 0 Å². The second-order valence-corrected chi connectivity index (χ2v) is 6.49. The number of aromatic nitrogens is 1. The molecule has 1 heterocycles. The highest BCUT2D eigenvalue weighted by molar-refractivity contribution is 5.95. The zero-order valence-electron chi connectivity index (χ0n) is 15.7. The monoisotopic (exact) mass is 362 g/mol. The molecule has 0 saturated carbocycles. The molecule has 138 valence electrons. The molecule has 0 fully saturated rings. The minimum Gasteiger partial charge on any atom is -0.452 e. The second-order valence-electron chi connectivity index (χ2n) is 6.49. The second kappa shape index (κ2) is 7.91. The van der Waals surface area contributed by atoms with Gasteiger partial charge in [0.2, 0.25) is 0 Å². The zero-order chi connectivity index (χ0) is 19.4. The summed E-state index contributed by atoms with van der Waals surface area (Å²) in [5.74, 6) is -0.899. The number of nitrogens with one attached hydrogen (secondary N) is 1. The molecule has 0 saturated heterocycles. The molecule has 0 aliphatic carbocycles. The Kier molecular flexibility index (Phi) is 5.41. The van der Waals surface area contributed by atoms with Gasteiger partial charge in [-0.25, -0.2) is 4.79 Å². The first kappa shape index (κ1) is 18.5. The van der Waals surface area contributed by atoms with Gasteiger partial charge in [0, 0.05) is 22.8 Å². The zero-order valence-corrected chi connectivity index (χ0v) is 15.7. The molecule has 27 heavy (non-hydrogen) atoms. The van der Waals surface area contributed by atoms with Crippen molar-refractivity contribution < 1.29 is 14.3 Å². The van der Waals surface area contributed by atoms with Gasteiger partial charge in [-0.3, -0.25) is 4.79 Å². The maximum absolute atomic E-state index is 12.2. The van der Waals surface area contributed by atoms with Crippen LogP contribution in [0.3, 0.4) is 0 Å². The van der Waals surface area contributed by atoms with E-state index in [0.29, 0.717) is 11.3 Å². The molecule has 0 unspecified atom stereocenters. The summed E-state index contributed by atoms with van der Waals surface area (Å²) in [6, 6.07) is 18.6. The molecule has 1 N–H and O–H groups in total. The summed E-state index contributed by atoms with van der Waals surface area (Å²) < 4.78 is 7.21. The summed E-state index contributed by atoms with van der Waals surface area (Å²) in [4.78, 5) is 24.1. The van der Waals surface area contributed by atoms with Gasteiger partial charge in [0.1, 0.15) is 0 Å². The van der Waals surface area contributed by atoms with Crippen molar-refractivity contribution in [2.24, 2.45) is 0 Å². The molecule has 3 rings (SSSR count). The van der Waals surface area contributed by atoms with E-state index in [0.717, 1.165) is 22.6 Å². The van der Waals surface area contributed by atoms with E-state index >= 15 is 0 Å². The summed E-state index contributed by atoms with van der Waals surface area (Å²) in [6.45, 7) is 5.70. The highest BCUT2D eigenvalue weighted by Crippen LogP contribution is 2.17. The topological polar surface area (TPSA) is 60.3 Å². The number of benzene rings is 2. The van der Waals surface area contributed by atoms with Crippen LogP contribution in [0.4, 0.5) is 5.69 Å². The van der Waals surface area contributed by atoms with Gasteiger partial charge in [0.25, 0.3) is 5.91 Å². The fraction of sp³-hybridized carbons (Fsp3) is 0.182. The van der Waals surface area contributed by atoms with Crippen LogP contribution in [-0.4, -0.2) is 23.1 Å². The highest BCUT2D eigenvalue weighted by atomic mass is 16.5. The van der Waals surface area contributed by atoms with E-state index < -0.39 is 5.97 Å². The Balaban J connectivity index is 1.58. The Morgan fingerprint density at radius 2 is 1.44 bits per heavy atom. The fourth-order valence-electron chi connectivity index (χ4n) is 2.87. The molecule has 0 aliphatic rings. The first-order valence-corrected chi connectivity index (χ1v) is 8.73. The third kappa shape index (κ3) is 4.44. The van der Waals surface area contributed by atoms with E-state index in [9.17, 15) is 9.59 Å². The van der Waals surface area contributed by atoms with Crippen LogP contribution in [0.5, 0.6) is 0 Å². The molecule has 0 bridgehead atoms. The number of ether oxygens (including phenoxy) is 1. The van der Waals surface area contributed by atoms with Gasteiger partial charge in [0.05, 0.1) is 5.56 Å². The van der Waals surface area contributed by atoms with E-state index in [1.807, 2.05) is 57.2 Å². The van der Waals surface area contributed by atoms with Crippen LogP contribution < -0.4 is 5.32 Å². The van der Waals surface area contributed by atoms with Gasteiger partial charge in [-0.2, -0.15) is 0 Å². The van der Waals surface area contributed by atoms with Crippen LogP contribution in [0.15, 0.2) is 60.7 Å². The van der Waals surface area contributed by atoms with Crippen molar-refractivity contribution in [3.8, 4) is 5.69 Å². The number of nitrogens with zero attached hydrogens (tertiary/aromatic N) is 1. The van der Waals surface area contributed by atoms with E-state index in [4.69, 9.17) is 4.74 Å². The third-order valence-electron chi connectivity index (χ3n) is 4.30. The first-order chi connectivity index (χ1) is 12.9. The molecule has 0 spiro atoms. The molecule has 0 aliphatic heterocycles. The number of hydrogen-bond donors (Lipinski definition) is 1. The number of amides is 1. The van der Waals surface area contributed by atoms with Crippen LogP contribution in [0, 0.1) is 20.8 Å². The number of anilines is 1. The number of esters is 1. The number of aryl methyl sites for hydroxylation is 3. The number of hydrogen-bond acceptors (Lipinski definition) is 3. The molecular weight excluding hydrogens is 340 g/mol. The minimum absolute atomic E-state index is 0.329. The Morgan fingerprint density at radius 1 is 0.852 bits per heavy atom.